The molecular formula is C36H26O5. The summed E-state index contributed by atoms with van der Waals surface area (Å²) < 4.78 is 24.0. The predicted octanol–water partition coefficient (Wildman–Crippen LogP) is 9.00. The van der Waals surface area contributed by atoms with Crippen molar-refractivity contribution in [3.8, 4) is 34.5 Å². The largest absolute Gasteiger partial charge is 0.457 e. The molecule has 0 radical (unpaired) electrons. The third-order valence-corrected chi connectivity index (χ3v) is 6.30. The van der Waals surface area contributed by atoms with E-state index < -0.39 is 0 Å². The number of hydrogen-bond acceptors (Lipinski definition) is 5. The minimum absolute atomic E-state index is 0.152. The van der Waals surface area contributed by atoms with E-state index in [4.69, 9.17) is 18.9 Å². The predicted molar refractivity (Wildman–Crippen MR) is 159 cm³/mol. The second-order valence-electron chi connectivity index (χ2n) is 9.47. The lowest BCUT2D eigenvalue weighted by atomic mass is 10.1. The summed E-state index contributed by atoms with van der Waals surface area (Å²) in [4.78, 5) is 13.7. The van der Waals surface area contributed by atoms with Crippen LogP contribution in [0.15, 0.2) is 139 Å². The van der Waals surface area contributed by atoms with Crippen molar-refractivity contribution < 1.29 is 23.7 Å². The van der Waals surface area contributed by atoms with E-state index in [-0.39, 0.29) is 17.3 Å². The Morgan fingerprint density at radius 2 is 0.951 bits per heavy atom. The van der Waals surface area contributed by atoms with Crippen LogP contribution in [0.4, 0.5) is 0 Å². The highest BCUT2D eigenvalue weighted by Gasteiger charge is 2.26. The number of aryl methyl sites for hydroxylation is 1. The number of hydrogen-bond donors (Lipinski definition) is 0. The van der Waals surface area contributed by atoms with Gasteiger partial charge in [-0.2, -0.15) is 0 Å². The maximum Gasteiger partial charge on any atom is 0.263 e. The molecule has 5 heteroatoms. The van der Waals surface area contributed by atoms with E-state index >= 15 is 0 Å². The number of carbonyl (C=O) groups is 1. The van der Waals surface area contributed by atoms with Crippen molar-refractivity contribution in [1.29, 1.82) is 0 Å². The van der Waals surface area contributed by atoms with Gasteiger partial charge in [-0.25, -0.2) is 0 Å². The lowest BCUT2D eigenvalue weighted by Crippen LogP contribution is -2.12. The maximum absolute atomic E-state index is 13.7. The van der Waals surface area contributed by atoms with Crippen LogP contribution < -0.4 is 18.9 Å². The first-order valence-electron chi connectivity index (χ1n) is 13.2. The van der Waals surface area contributed by atoms with Gasteiger partial charge in [-0.1, -0.05) is 66.7 Å². The number of ether oxygens (including phenoxy) is 4. The second kappa shape index (κ2) is 11.7. The van der Waals surface area contributed by atoms with Gasteiger partial charge >= 0.3 is 0 Å². The fourth-order valence-electron chi connectivity index (χ4n) is 4.24. The molecule has 0 saturated heterocycles. The maximum atomic E-state index is 13.7. The highest BCUT2D eigenvalue weighted by atomic mass is 16.5. The van der Waals surface area contributed by atoms with Gasteiger partial charge in [0.25, 0.3) is 5.78 Å². The van der Waals surface area contributed by atoms with E-state index in [0.29, 0.717) is 23.0 Å². The SMILES string of the molecule is Cc1ccc2c(c1)OC(=Cc1ccc(Oc3ccccc3)cc1)C(=O)C(=Cc1ccc(Oc3ccccc3)cc1)O2. The summed E-state index contributed by atoms with van der Waals surface area (Å²) in [5.74, 6) is 3.76. The summed E-state index contributed by atoms with van der Waals surface area (Å²) in [5, 5.41) is 0. The van der Waals surface area contributed by atoms with Gasteiger partial charge in [-0.05, 0) is 96.4 Å². The van der Waals surface area contributed by atoms with Crippen LogP contribution in [0, 0.1) is 6.92 Å². The van der Waals surface area contributed by atoms with Crippen molar-refractivity contribution in [2.24, 2.45) is 0 Å². The fraction of sp³-hybridized carbons (Fsp3) is 0.0278. The highest BCUT2D eigenvalue weighted by Crippen LogP contribution is 2.36. The molecule has 200 valence electrons. The summed E-state index contributed by atoms with van der Waals surface area (Å²) in [7, 11) is 0. The summed E-state index contributed by atoms with van der Waals surface area (Å²) in [6, 6.07) is 39.6. The van der Waals surface area contributed by atoms with Crippen molar-refractivity contribution in [2.45, 2.75) is 6.92 Å². The Bertz CT molecular complexity index is 1720. The van der Waals surface area contributed by atoms with Crippen molar-refractivity contribution in [2.75, 3.05) is 0 Å². The molecule has 5 aromatic rings. The number of ketones is 1. The van der Waals surface area contributed by atoms with Gasteiger partial charge in [-0.15, -0.1) is 0 Å². The minimum Gasteiger partial charge on any atom is -0.457 e. The van der Waals surface area contributed by atoms with Crippen LogP contribution in [0.2, 0.25) is 0 Å². The monoisotopic (exact) mass is 538 g/mol. The third kappa shape index (κ3) is 6.37. The average Bonchev–Trinajstić information content (AvgIpc) is 3.12. The molecule has 0 aromatic heterocycles. The van der Waals surface area contributed by atoms with Gasteiger partial charge in [0.15, 0.2) is 23.0 Å². The van der Waals surface area contributed by atoms with Gasteiger partial charge in [0.1, 0.15) is 23.0 Å². The molecule has 5 aromatic carbocycles. The van der Waals surface area contributed by atoms with E-state index in [1.807, 2.05) is 128 Å². The molecule has 0 N–H and O–H groups in total. The van der Waals surface area contributed by atoms with E-state index in [1.165, 1.54) is 0 Å². The zero-order valence-electron chi connectivity index (χ0n) is 22.3. The molecule has 0 spiro atoms. The molecule has 5 nitrogen and oxygen atoms in total. The lowest BCUT2D eigenvalue weighted by Gasteiger charge is -2.08. The molecule has 0 bridgehead atoms. The topological polar surface area (TPSA) is 54.0 Å². The smallest absolute Gasteiger partial charge is 0.263 e. The molecule has 1 heterocycles. The van der Waals surface area contributed by atoms with Crippen LogP contribution in [0.1, 0.15) is 16.7 Å². The standard InChI is InChI=1S/C36H26O5/c1-25-12-21-32-33(22-25)41-35(24-27-15-19-31(20-16-27)39-29-10-6-3-7-11-29)36(37)34(40-32)23-26-13-17-30(18-14-26)38-28-8-4-2-5-9-28/h2-24H,1H3. The molecule has 0 unspecified atom stereocenters. The molecule has 6 rings (SSSR count). The molecule has 0 saturated carbocycles. The van der Waals surface area contributed by atoms with E-state index in [1.54, 1.807) is 18.2 Å². The van der Waals surface area contributed by atoms with Crippen LogP contribution in [0.25, 0.3) is 12.2 Å². The van der Waals surface area contributed by atoms with Crippen molar-refractivity contribution in [1.82, 2.24) is 0 Å². The number of fused-ring (bicyclic) bond motifs is 1. The molecule has 41 heavy (non-hydrogen) atoms. The fourth-order valence-corrected chi connectivity index (χ4v) is 4.24. The lowest BCUT2D eigenvalue weighted by molar-refractivity contribution is -0.115. The number of rotatable bonds is 6. The third-order valence-electron chi connectivity index (χ3n) is 6.30. The number of Topliss-reactive ketones (excluding diaryl/α,β-unsaturated/α-hetero) is 1. The Morgan fingerprint density at radius 3 is 1.44 bits per heavy atom. The van der Waals surface area contributed by atoms with Gasteiger partial charge in [0, 0.05) is 0 Å². The zero-order valence-corrected chi connectivity index (χ0v) is 22.3. The van der Waals surface area contributed by atoms with Gasteiger partial charge < -0.3 is 18.9 Å². The first-order valence-corrected chi connectivity index (χ1v) is 13.2. The first kappa shape index (κ1) is 25.7. The second-order valence-corrected chi connectivity index (χ2v) is 9.47. The zero-order chi connectivity index (χ0) is 28.0. The van der Waals surface area contributed by atoms with Gasteiger partial charge in [0.05, 0.1) is 0 Å². The van der Waals surface area contributed by atoms with Crippen LogP contribution >= 0.6 is 0 Å². The Balaban J connectivity index is 1.28. The van der Waals surface area contributed by atoms with Gasteiger partial charge in [-0.3, -0.25) is 4.79 Å². The summed E-state index contributed by atoms with van der Waals surface area (Å²) in [6.45, 7) is 1.96. The molecule has 0 atom stereocenters. The highest BCUT2D eigenvalue weighted by molar-refractivity contribution is 6.11. The molecule has 1 aliphatic heterocycles. The normalized spacial score (nSPS) is 14.5. The van der Waals surface area contributed by atoms with E-state index in [2.05, 4.69) is 0 Å². The van der Waals surface area contributed by atoms with E-state index in [0.717, 1.165) is 28.2 Å². The molecular weight excluding hydrogens is 512 g/mol. The van der Waals surface area contributed by atoms with Crippen LogP contribution in [-0.2, 0) is 4.79 Å². The Morgan fingerprint density at radius 1 is 0.512 bits per heavy atom. The van der Waals surface area contributed by atoms with Crippen molar-refractivity contribution in [3.05, 3.63) is 156 Å². The molecule has 0 fully saturated rings. The quantitative estimate of drug-likeness (QED) is 0.202. The Labute approximate surface area is 238 Å². The minimum atomic E-state index is -0.368. The average molecular weight is 539 g/mol. The molecule has 1 aliphatic rings. The Hall–Kier alpha value is -5.55. The first-order chi connectivity index (χ1) is 20.1. The van der Waals surface area contributed by atoms with Crippen LogP contribution in [-0.4, -0.2) is 5.78 Å². The molecule has 0 amide bonds. The summed E-state index contributed by atoms with van der Waals surface area (Å²) in [6.07, 6.45) is 3.41. The summed E-state index contributed by atoms with van der Waals surface area (Å²) >= 11 is 0. The summed E-state index contributed by atoms with van der Waals surface area (Å²) in [5.41, 5.74) is 2.56. The van der Waals surface area contributed by atoms with Crippen LogP contribution in [0.3, 0.4) is 0 Å². The Kier molecular flexibility index (Phi) is 7.32. The number of para-hydroxylation sites is 2. The van der Waals surface area contributed by atoms with Crippen LogP contribution in [0.5, 0.6) is 34.5 Å². The van der Waals surface area contributed by atoms with Gasteiger partial charge in [0.2, 0.25) is 0 Å². The number of carbonyl (C=O) groups excluding carboxylic acids is 1. The van der Waals surface area contributed by atoms with Crippen molar-refractivity contribution in [3.63, 3.8) is 0 Å². The molecule has 0 aliphatic carbocycles. The number of benzene rings is 5. The van der Waals surface area contributed by atoms with Crippen molar-refractivity contribution >= 4 is 17.9 Å². The van der Waals surface area contributed by atoms with E-state index in [9.17, 15) is 4.79 Å².